The smallest absolute Gasteiger partial charge is 0.408 e. The normalized spacial score (nSPS) is 39.5. The molecule has 0 unspecified atom stereocenters. The number of carboxylic acid groups (broad SMARTS) is 1. The number of benzene rings is 1. The molecule has 8 heteroatoms. The number of esters is 1. The van der Waals surface area contributed by atoms with E-state index in [4.69, 9.17) is 14.2 Å². The average Bonchev–Trinajstić information content (AvgIpc) is 3.07. The van der Waals surface area contributed by atoms with Gasteiger partial charge >= 0.3 is 18.0 Å². The maximum absolute atomic E-state index is 14.0. The van der Waals surface area contributed by atoms with Crippen molar-refractivity contribution >= 4 is 18.0 Å². The predicted octanol–water partition coefficient (Wildman–Crippen LogP) is 9.75. The molecule has 1 amide bonds. The second kappa shape index (κ2) is 14.0. The van der Waals surface area contributed by atoms with Gasteiger partial charge in [0, 0.05) is 5.41 Å². The van der Waals surface area contributed by atoms with Crippen molar-refractivity contribution in [2.45, 2.75) is 151 Å². The monoisotopic (exact) mass is 733 g/mol. The van der Waals surface area contributed by atoms with E-state index in [-0.39, 0.29) is 40.3 Å². The lowest BCUT2D eigenvalue weighted by Gasteiger charge is -2.71. The third-order valence-electron chi connectivity index (χ3n) is 16.0. The summed E-state index contributed by atoms with van der Waals surface area (Å²) in [7, 11) is 0. The van der Waals surface area contributed by atoms with Crippen LogP contribution in [0.4, 0.5) is 4.79 Å². The number of fused-ring (bicyclic) bond motifs is 7. The molecule has 1 aromatic rings. The van der Waals surface area contributed by atoms with Gasteiger partial charge in [-0.05, 0) is 130 Å². The van der Waals surface area contributed by atoms with Crippen LogP contribution in [-0.4, -0.2) is 47.5 Å². The molecule has 0 spiro atoms. The fourth-order valence-corrected chi connectivity index (χ4v) is 12.8. The molecular weight excluding hydrogens is 666 g/mol. The van der Waals surface area contributed by atoms with E-state index in [1.54, 1.807) is 20.8 Å². The molecule has 6 rings (SSSR count). The number of hydrogen-bond donors (Lipinski definition) is 2. The van der Waals surface area contributed by atoms with Crippen molar-refractivity contribution in [3.8, 4) is 0 Å². The van der Waals surface area contributed by atoms with E-state index in [1.807, 2.05) is 30.3 Å². The Labute approximate surface area is 318 Å². The van der Waals surface area contributed by atoms with Gasteiger partial charge in [-0.1, -0.05) is 90.4 Å². The number of alkyl carbamates (subject to hydrolysis) is 1. The predicted molar refractivity (Wildman–Crippen MR) is 206 cm³/mol. The quantitative estimate of drug-likeness (QED) is 0.202. The minimum absolute atomic E-state index is 0.0313. The van der Waals surface area contributed by atoms with Gasteiger partial charge in [0.25, 0.3) is 0 Å². The van der Waals surface area contributed by atoms with Crippen LogP contribution in [0.15, 0.2) is 42.0 Å². The van der Waals surface area contributed by atoms with Gasteiger partial charge in [-0.15, -0.1) is 0 Å². The zero-order valence-corrected chi connectivity index (χ0v) is 34.2. The van der Waals surface area contributed by atoms with E-state index >= 15 is 0 Å². The van der Waals surface area contributed by atoms with Gasteiger partial charge in [-0.2, -0.15) is 0 Å². The van der Waals surface area contributed by atoms with Crippen molar-refractivity contribution in [3.63, 3.8) is 0 Å². The number of carbonyl (C=O) groups excluding carboxylic acids is 2. The van der Waals surface area contributed by atoms with E-state index in [1.165, 1.54) is 5.57 Å². The molecule has 11 atom stereocenters. The molecule has 294 valence electrons. The van der Waals surface area contributed by atoms with Gasteiger partial charge in [0.15, 0.2) is 6.04 Å². The molecule has 8 nitrogen and oxygen atoms in total. The molecule has 4 fully saturated rings. The lowest BCUT2D eigenvalue weighted by Crippen LogP contribution is -2.65. The number of carboxylic acids is 1. The van der Waals surface area contributed by atoms with Crippen molar-refractivity contribution < 1.29 is 33.7 Å². The summed E-state index contributed by atoms with van der Waals surface area (Å²) in [4.78, 5) is 39.9. The lowest BCUT2D eigenvalue weighted by molar-refractivity contribution is -0.215. The van der Waals surface area contributed by atoms with Crippen LogP contribution in [0.25, 0.3) is 0 Å². The molecule has 2 N–H and O–H groups in total. The summed E-state index contributed by atoms with van der Waals surface area (Å²) in [6, 6.07) is 8.73. The van der Waals surface area contributed by atoms with Crippen LogP contribution < -0.4 is 5.32 Å². The molecular formula is C45H67NO7. The molecule has 0 radical (unpaired) electrons. The Morgan fingerprint density at radius 3 is 2.26 bits per heavy atom. The molecule has 0 aromatic heterocycles. The van der Waals surface area contributed by atoms with Crippen LogP contribution in [0.2, 0.25) is 0 Å². The third kappa shape index (κ3) is 6.75. The van der Waals surface area contributed by atoms with E-state index in [2.05, 4.69) is 59.9 Å². The van der Waals surface area contributed by atoms with Crippen LogP contribution in [0.5, 0.6) is 0 Å². The minimum Gasteiger partial charge on any atom is -0.481 e. The molecule has 1 aromatic carbocycles. The van der Waals surface area contributed by atoms with Crippen LogP contribution >= 0.6 is 0 Å². The van der Waals surface area contributed by atoms with E-state index in [9.17, 15) is 19.5 Å². The number of aliphatic carboxylic acids is 1. The minimum atomic E-state index is -1.01. The SMILES string of the molecule is C[C@H]1[C@H](C)CC[C@]2(C(=O)O)CC[C@]3(C)C(=CC[C@@H]4[C@@]5(C)CC[C@H](OC(=O)[C@H](COCc6ccccc6)NC(=O)OC(C)(C)C)C(C)(C)[C@@H]5CC[C@]43C)[C@H]12. The van der Waals surface area contributed by atoms with Gasteiger partial charge < -0.3 is 24.6 Å². The van der Waals surface area contributed by atoms with Gasteiger partial charge in [0.2, 0.25) is 0 Å². The molecule has 53 heavy (non-hydrogen) atoms. The molecule has 0 saturated heterocycles. The number of amides is 1. The van der Waals surface area contributed by atoms with Crippen molar-refractivity contribution in [1.29, 1.82) is 0 Å². The highest BCUT2D eigenvalue weighted by molar-refractivity contribution is 5.82. The molecule has 5 aliphatic carbocycles. The number of ether oxygens (including phenoxy) is 3. The molecule has 0 bridgehead atoms. The summed E-state index contributed by atoms with van der Waals surface area (Å²) in [5, 5.41) is 13.5. The Bertz CT molecular complexity index is 1580. The number of nitrogens with one attached hydrogen (secondary N) is 1. The Morgan fingerprint density at radius 2 is 1.60 bits per heavy atom. The van der Waals surface area contributed by atoms with E-state index in [0.29, 0.717) is 30.3 Å². The number of hydrogen-bond acceptors (Lipinski definition) is 6. The maximum atomic E-state index is 14.0. The highest BCUT2D eigenvalue weighted by Crippen LogP contribution is 2.76. The van der Waals surface area contributed by atoms with Gasteiger partial charge in [-0.25, -0.2) is 9.59 Å². The zero-order chi connectivity index (χ0) is 38.8. The Morgan fingerprint density at radius 1 is 0.906 bits per heavy atom. The highest BCUT2D eigenvalue weighted by Gasteiger charge is 2.69. The van der Waals surface area contributed by atoms with Crippen LogP contribution in [0, 0.1) is 56.7 Å². The largest absolute Gasteiger partial charge is 0.481 e. The number of rotatable bonds is 8. The van der Waals surface area contributed by atoms with Crippen molar-refractivity contribution in [3.05, 3.63) is 47.5 Å². The number of carbonyl (C=O) groups is 3. The Balaban J connectivity index is 1.22. The fourth-order valence-electron chi connectivity index (χ4n) is 12.8. The summed E-state index contributed by atoms with van der Waals surface area (Å²) < 4.78 is 17.9. The summed E-state index contributed by atoms with van der Waals surface area (Å²) in [5.74, 6) is 0.648. The summed E-state index contributed by atoms with van der Waals surface area (Å²) in [5.41, 5.74) is 0.798. The summed E-state index contributed by atoms with van der Waals surface area (Å²) in [6.45, 7) is 22.4. The van der Waals surface area contributed by atoms with Gasteiger partial charge in [0.1, 0.15) is 11.7 Å². The standard InChI is InChI=1S/C45H67NO7/c1-28-18-23-45(38(48)49)25-24-43(9)31(36(45)29(28)2)16-17-34-42(8)21-20-35(41(6,7)33(42)19-22-44(34,43)10)52-37(47)32(46-39(50)53-40(3,4)5)27-51-26-30-14-12-11-13-15-30/h11-16,28-29,32-36H,17-27H2,1-10H3,(H,46,50)(H,48,49)/t28-,29+,32+,33+,34-,35+,36+,42+,43-,44-,45+/m1/s1. The van der Waals surface area contributed by atoms with Crippen molar-refractivity contribution in [2.24, 2.45) is 56.7 Å². The first-order valence-corrected chi connectivity index (χ1v) is 20.5. The maximum Gasteiger partial charge on any atom is 0.408 e. The second-order valence-corrected chi connectivity index (χ2v) is 20.1. The van der Waals surface area contributed by atoms with E-state index < -0.39 is 35.1 Å². The van der Waals surface area contributed by atoms with Crippen molar-refractivity contribution in [1.82, 2.24) is 5.32 Å². The number of allylic oxidation sites excluding steroid dienone is 2. The zero-order valence-electron chi connectivity index (χ0n) is 34.2. The molecule has 4 saturated carbocycles. The van der Waals surface area contributed by atoms with Crippen LogP contribution in [0.3, 0.4) is 0 Å². The first-order chi connectivity index (χ1) is 24.7. The van der Waals surface area contributed by atoms with Crippen molar-refractivity contribution in [2.75, 3.05) is 6.61 Å². The van der Waals surface area contributed by atoms with E-state index in [0.717, 1.165) is 63.4 Å². The highest BCUT2D eigenvalue weighted by atomic mass is 16.6. The lowest BCUT2D eigenvalue weighted by atomic mass is 9.33. The summed E-state index contributed by atoms with van der Waals surface area (Å²) in [6.07, 6.45) is 9.78. The first kappa shape index (κ1) is 39.8. The van der Waals surface area contributed by atoms with Gasteiger partial charge in [-0.3, -0.25) is 4.79 Å². The Kier molecular flexibility index (Phi) is 10.5. The van der Waals surface area contributed by atoms with Gasteiger partial charge in [0.05, 0.1) is 18.6 Å². The summed E-state index contributed by atoms with van der Waals surface area (Å²) >= 11 is 0. The average molecular weight is 734 g/mol. The molecule has 0 aliphatic heterocycles. The molecule has 5 aliphatic rings. The topological polar surface area (TPSA) is 111 Å². The second-order valence-electron chi connectivity index (χ2n) is 20.1. The van der Waals surface area contributed by atoms with Crippen LogP contribution in [-0.2, 0) is 30.4 Å². The fraction of sp³-hybridized carbons (Fsp3) is 0.756. The molecule has 0 heterocycles. The third-order valence-corrected chi connectivity index (χ3v) is 16.0. The van der Waals surface area contributed by atoms with Crippen LogP contribution in [0.1, 0.15) is 133 Å². The first-order valence-electron chi connectivity index (χ1n) is 20.5. The Hall–Kier alpha value is -2.87.